The first-order valence-electron chi connectivity index (χ1n) is 4.25. The third kappa shape index (κ3) is 2.13. The van der Waals surface area contributed by atoms with Crippen molar-refractivity contribution in [2.45, 2.75) is 0 Å². The highest BCUT2D eigenvalue weighted by Gasteiger charge is 2.09. The Balaban J connectivity index is 2.52. The Labute approximate surface area is 100 Å². The van der Waals surface area contributed by atoms with Crippen LogP contribution in [-0.2, 0) is 0 Å². The standard InChI is InChI=1S/C10H9BrN2OS/c1-14-9-4-6(11)2-3-7(9)8-5-15-10(12)13-8/h2-5H,1H3,(H2,12,13). The van der Waals surface area contributed by atoms with Gasteiger partial charge in [0.25, 0.3) is 0 Å². The van der Waals surface area contributed by atoms with E-state index < -0.39 is 0 Å². The SMILES string of the molecule is COc1cc(Br)ccc1-c1csc(N)n1. The molecular formula is C10H9BrN2OS. The Morgan fingerprint density at radius 1 is 1.47 bits per heavy atom. The molecule has 0 radical (unpaired) electrons. The van der Waals surface area contributed by atoms with Crippen molar-refractivity contribution in [3.8, 4) is 17.0 Å². The number of anilines is 1. The molecule has 0 fully saturated rings. The highest BCUT2D eigenvalue weighted by Crippen LogP contribution is 2.33. The Morgan fingerprint density at radius 2 is 2.27 bits per heavy atom. The normalized spacial score (nSPS) is 10.3. The Morgan fingerprint density at radius 3 is 2.87 bits per heavy atom. The second kappa shape index (κ2) is 4.20. The number of thiazole rings is 1. The number of nitrogen functional groups attached to an aromatic ring is 1. The quantitative estimate of drug-likeness (QED) is 0.922. The van der Waals surface area contributed by atoms with Crippen molar-refractivity contribution >= 4 is 32.4 Å². The summed E-state index contributed by atoms with van der Waals surface area (Å²) in [6.07, 6.45) is 0. The van der Waals surface area contributed by atoms with Crippen LogP contribution in [0.5, 0.6) is 5.75 Å². The zero-order valence-electron chi connectivity index (χ0n) is 8.03. The number of rotatable bonds is 2. The highest BCUT2D eigenvalue weighted by atomic mass is 79.9. The molecule has 0 saturated heterocycles. The fraction of sp³-hybridized carbons (Fsp3) is 0.100. The molecule has 0 spiro atoms. The fourth-order valence-corrected chi connectivity index (χ4v) is 2.19. The molecule has 3 nitrogen and oxygen atoms in total. The maximum Gasteiger partial charge on any atom is 0.180 e. The minimum Gasteiger partial charge on any atom is -0.496 e. The van der Waals surface area contributed by atoms with E-state index in [0.717, 1.165) is 21.5 Å². The highest BCUT2D eigenvalue weighted by molar-refractivity contribution is 9.10. The van der Waals surface area contributed by atoms with Crippen LogP contribution in [0, 0.1) is 0 Å². The third-order valence-electron chi connectivity index (χ3n) is 1.96. The van der Waals surface area contributed by atoms with Crippen LogP contribution in [0.3, 0.4) is 0 Å². The molecule has 0 atom stereocenters. The van der Waals surface area contributed by atoms with Crippen LogP contribution in [0.4, 0.5) is 5.13 Å². The van der Waals surface area contributed by atoms with Gasteiger partial charge in [0.05, 0.1) is 12.8 Å². The molecule has 2 rings (SSSR count). The zero-order chi connectivity index (χ0) is 10.8. The Kier molecular flexibility index (Phi) is 2.93. The minimum absolute atomic E-state index is 0.565. The molecule has 0 amide bonds. The van der Waals surface area contributed by atoms with Crippen LogP contribution in [0.1, 0.15) is 0 Å². The number of halogens is 1. The smallest absolute Gasteiger partial charge is 0.180 e. The van der Waals surface area contributed by atoms with E-state index in [1.54, 1.807) is 7.11 Å². The van der Waals surface area contributed by atoms with Gasteiger partial charge >= 0.3 is 0 Å². The first kappa shape index (κ1) is 10.4. The summed E-state index contributed by atoms with van der Waals surface area (Å²) >= 11 is 4.81. The summed E-state index contributed by atoms with van der Waals surface area (Å²) in [5.41, 5.74) is 7.40. The van der Waals surface area contributed by atoms with Gasteiger partial charge in [-0.1, -0.05) is 15.9 Å². The number of methoxy groups -OCH3 is 1. The van der Waals surface area contributed by atoms with Gasteiger partial charge < -0.3 is 10.5 Å². The van der Waals surface area contributed by atoms with E-state index in [-0.39, 0.29) is 0 Å². The number of ether oxygens (including phenoxy) is 1. The lowest BCUT2D eigenvalue weighted by Gasteiger charge is -2.06. The van der Waals surface area contributed by atoms with Crippen molar-refractivity contribution < 1.29 is 4.74 Å². The molecule has 15 heavy (non-hydrogen) atoms. The van der Waals surface area contributed by atoms with Gasteiger partial charge in [-0.2, -0.15) is 0 Å². The maximum absolute atomic E-state index is 5.59. The average Bonchev–Trinajstić information content (AvgIpc) is 2.64. The molecule has 0 bridgehead atoms. The predicted molar refractivity (Wildman–Crippen MR) is 66.2 cm³/mol. The molecule has 5 heteroatoms. The summed E-state index contributed by atoms with van der Waals surface area (Å²) in [5.74, 6) is 0.787. The van der Waals surface area contributed by atoms with Gasteiger partial charge in [-0.05, 0) is 18.2 Å². The summed E-state index contributed by atoms with van der Waals surface area (Å²) in [4.78, 5) is 4.22. The van der Waals surface area contributed by atoms with E-state index in [1.165, 1.54) is 11.3 Å². The Bertz CT molecular complexity index is 484. The maximum atomic E-state index is 5.59. The first-order valence-corrected chi connectivity index (χ1v) is 5.93. The van der Waals surface area contributed by atoms with Gasteiger partial charge in [0.15, 0.2) is 5.13 Å². The number of aromatic nitrogens is 1. The lowest BCUT2D eigenvalue weighted by molar-refractivity contribution is 0.416. The van der Waals surface area contributed by atoms with Gasteiger partial charge in [0.1, 0.15) is 5.75 Å². The van der Waals surface area contributed by atoms with Crippen molar-refractivity contribution in [3.63, 3.8) is 0 Å². The first-order chi connectivity index (χ1) is 7.20. The van der Waals surface area contributed by atoms with Crippen LogP contribution >= 0.6 is 27.3 Å². The van der Waals surface area contributed by atoms with Crippen molar-refractivity contribution in [1.82, 2.24) is 4.98 Å². The summed E-state index contributed by atoms with van der Waals surface area (Å²) in [5, 5.41) is 2.48. The number of hydrogen-bond acceptors (Lipinski definition) is 4. The molecule has 2 aromatic rings. The molecule has 1 aromatic heterocycles. The van der Waals surface area contributed by atoms with Crippen LogP contribution in [0.25, 0.3) is 11.3 Å². The molecule has 0 unspecified atom stereocenters. The lowest BCUT2D eigenvalue weighted by atomic mass is 10.1. The minimum atomic E-state index is 0.565. The fourth-order valence-electron chi connectivity index (χ4n) is 1.29. The van der Waals surface area contributed by atoms with E-state index in [1.807, 2.05) is 23.6 Å². The van der Waals surface area contributed by atoms with Gasteiger partial charge in [0, 0.05) is 15.4 Å². The second-order valence-electron chi connectivity index (χ2n) is 2.92. The van der Waals surface area contributed by atoms with Gasteiger partial charge in [-0.25, -0.2) is 4.98 Å². The molecule has 78 valence electrons. The van der Waals surface area contributed by atoms with Crippen molar-refractivity contribution in [1.29, 1.82) is 0 Å². The molecule has 1 heterocycles. The molecule has 0 aliphatic rings. The predicted octanol–water partition coefficient (Wildman–Crippen LogP) is 3.16. The third-order valence-corrected chi connectivity index (χ3v) is 3.13. The van der Waals surface area contributed by atoms with Crippen LogP contribution < -0.4 is 10.5 Å². The summed E-state index contributed by atoms with van der Waals surface area (Å²) in [6, 6.07) is 5.82. The Hall–Kier alpha value is -1.07. The second-order valence-corrected chi connectivity index (χ2v) is 4.72. The zero-order valence-corrected chi connectivity index (χ0v) is 10.4. The summed E-state index contributed by atoms with van der Waals surface area (Å²) in [7, 11) is 1.64. The van der Waals surface area contributed by atoms with Crippen LogP contribution in [-0.4, -0.2) is 12.1 Å². The number of nitrogens with zero attached hydrogens (tertiary/aromatic N) is 1. The van der Waals surface area contributed by atoms with Gasteiger partial charge in [0.2, 0.25) is 0 Å². The van der Waals surface area contributed by atoms with Crippen molar-refractivity contribution in [2.24, 2.45) is 0 Å². The topological polar surface area (TPSA) is 48.1 Å². The van der Waals surface area contributed by atoms with E-state index in [2.05, 4.69) is 20.9 Å². The largest absolute Gasteiger partial charge is 0.496 e. The molecule has 0 aliphatic carbocycles. The summed E-state index contributed by atoms with van der Waals surface area (Å²) in [6.45, 7) is 0. The van der Waals surface area contributed by atoms with E-state index >= 15 is 0 Å². The van der Waals surface area contributed by atoms with Gasteiger partial charge in [-0.15, -0.1) is 11.3 Å². The van der Waals surface area contributed by atoms with Crippen LogP contribution in [0.2, 0.25) is 0 Å². The number of hydrogen-bond donors (Lipinski definition) is 1. The lowest BCUT2D eigenvalue weighted by Crippen LogP contribution is -1.89. The molecular weight excluding hydrogens is 276 g/mol. The van der Waals surface area contributed by atoms with E-state index in [0.29, 0.717) is 5.13 Å². The number of nitrogens with two attached hydrogens (primary N) is 1. The van der Waals surface area contributed by atoms with Crippen LogP contribution in [0.15, 0.2) is 28.1 Å². The number of benzene rings is 1. The molecule has 1 aromatic carbocycles. The van der Waals surface area contributed by atoms with E-state index in [4.69, 9.17) is 10.5 Å². The van der Waals surface area contributed by atoms with Crippen molar-refractivity contribution in [3.05, 3.63) is 28.1 Å². The monoisotopic (exact) mass is 284 g/mol. The van der Waals surface area contributed by atoms with E-state index in [9.17, 15) is 0 Å². The van der Waals surface area contributed by atoms with Gasteiger partial charge in [-0.3, -0.25) is 0 Å². The molecule has 0 saturated carbocycles. The molecule has 2 N–H and O–H groups in total. The average molecular weight is 285 g/mol. The van der Waals surface area contributed by atoms with Crippen molar-refractivity contribution in [2.75, 3.05) is 12.8 Å². The molecule has 0 aliphatic heterocycles. The summed E-state index contributed by atoms with van der Waals surface area (Å²) < 4.78 is 6.26.